The molecule has 2 heterocycles. The van der Waals surface area contributed by atoms with Crippen molar-refractivity contribution in [1.29, 1.82) is 0 Å². The van der Waals surface area contributed by atoms with Crippen molar-refractivity contribution in [2.24, 2.45) is 0 Å². The van der Waals surface area contributed by atoms with Gasteiger partial charge in [0.05, 0.1) is 17.5 Å². The third-order valence-electron chi connectivity index (χ3n) is 3.07. The average molecular weight is 390 g/mol. The minimum absolute atomic E-state index is 0.139. The van der Waals surface area contributed by atoms with Crippen LogP contribution in [0.2, 0.25) is 0 Å². The summed E-state index contributed by atoms with van der Waals surface area (Å²) in [6.45, 7) is 6.42. The van der Waals surface area contributed by atoms with Crippen molar-refractivity contribution >= 4 is 47.4 Å². The average Bonchev–Trinajstić information content (AvgIpc) is 2.90. The van der Waals surface area contributed by atoms with Gasteiger partial charge >= 0.3 is 23.9 Å². The molecule has 0 aromatic heterocycles. The van der Waals surface area contributed by atoms with E-state index in [0.29, 0.717) is 0 Å². The van der Waals surface area contributed by atoms with E-state index in [9.17, 15) is 19.2 Å². The maximum atomic E-state index is 12.2. The number of esters is 4. The molecule has 2 rings (SSSR count). The first kappa shape index (κ1) is 19.6. The third kappa shape index (κ3) is 4.30. The van der Waals surface area contributed by atoms with Crippen LogP contribution >= 0.6 is 23.5 Å². The normalized spacial score (nSPS) is 25.3. The Morgan fingerprint density at radius 3 is 1.72 bits per heavy atom. The molecular formula is C15H18O8S2. The summed E-state index contributed by atoms with van der Waals surface area (Å²) in [5.74, 6) is -4.32. The number of carbonyl (C=O) groups excluding carboxylic acids is 4. The van der Waals surface area contributed by atoms with E-state index < -0.39 is 40.2 Å². The van der Waals surface area contributed by atoms with E-state index in [2.05, 4.69) is 0 Å². The van der Waals surface area contributed by atoms with E-state index in [1.165, 1.54) is 13.8 Å². The zero-order valence-corrected chi connectivity index (χ0v) is 15.8. The number of thioether (sulfide) groups is 2. The summed E-state index contributed by atoms with van der Waals surface area (Å²) in [4.78, 5) is 48.6. The van der Waals surface area contributed by atoms with E-state index in [1.54, 1.807) is 13.8 Å². The fourth-order valence-electron chi connectivity index (χ4n) is 2.11. The Morgan fingerprint density at radius 2 is 1.36 bits per heavy atom. The zero-order chi connectivity index (χ0) is 18.8. The Morgan fingerprint density at radius 1 is 0.960 bits per heavy atom. The fourth-order valence-corrected chi connectivity index (χ4v) is 5.12. The maximum absolute atomic E-state index is 12.2. The molecule has 2 fully saturated rings. The van der Waals surface area contributed by atoms with Crippen LogP contribution in [-0.4, -0.2) is 53.4 Å². The van der Waals surface area contributed by atoms with Crippen LogP contribution in [0.1, 0.15) is 27.7 Å². The first-order valence-electron chi connectivity index (χ1n) is 7.57. The maximum Gasteiger partial charge on any atom is 0.350 e. The molecule has 2 saturated heterocycles. The molecule has 0 N–H and O–H groups in total. The third-order valence-corrected chi connectivity index (χ3v) is 6.09. The predicted molar refractivity (Wildman–Crippen MR) is 89.3 cm³/mol. The quantitative estimate of drug-likeness (QED) is 0.302. The molecule has 0 saturated carbocycles. The van der Waals surface area contributed by atoms with Crippen molar-refractivity contribution in [2.45, 2.75) is 44.0 Å². The van der Waals surface area contributed by atoms with Gasteiger partial charge in [-0.05, 0) is 13.8 Å². The minimum atomic E-state index is -1.37. The predicted octanol–water partition coefficient (Wildman–Crippen LogP) is 1.38. The first-order valence-corrected chi connectivity index (χ1v) is 9.33. The number of ether oxygens (including phenoxy) is 4. The topological polar surface area (TPSA) is 105 Å². The summed E-state index contributed by atoms with van der Waals surface area (Å²) in [5, 5.41) is -1.86. The Labute approximate surface area is 152 Å². The lowest BCUT2D eigenvalue weighted by atomic mass is 10.2. The van der Waals surface area contributed by atoms with Crippen molar-refractivity contribution in [3.8, 4) is 0 Å². The van der Waals surface area contributed by atoms with Gasteiger partial charge in [0.15, 0.2) is 5.57 Å². The van der Waals surface area contributed by atoms with Gasteiger partial charge in [-0.25, -0.2) is 9.59 Å². The summed E-state index contributed by atoms with van der Waals surface area (Å²) in [5.41, 5.74) is -0.324. The van der Waals surface area contributed by atoms with Crippen LogP contribution in [0.5, 0.6) is 0 Å². The molecule has 2 atom stereocenters. The van der Waals surface area contributed by atoms with Crippen molar-refractivity contribution in [2.75, 3.05) is 13.2 Å². The lowest BCUT2D eigenvalue weighted by Crippen LogP contribution is -2.42. The molecule has 0 bridgehead atoms. The standard InChI is InChI=1S/C15H18O8S2/c1-5-20-12(18)8-9(13(19)21-6-2)25-14(24-8)7-10(16)22-15(3,4)23-11(7)17/h8-9H,5-6H2,1-4H3/t8-,9-/m0/s1. The van der Waals surface area contributed by atoms with Crippen LogP contribution < -0.4 is 0 Å². The Bertz CT molecular complexity index is 589. The molecule has 0 aromatic carbocycles. The SMILES string of the molecule is CCOC(=O)[C@H]1SC(=C2C(=O)OC(C)(C)OC2=O)S[C@@H]1C(=O)OCC. The molecule has 0 radical (unpaired) electrons. The zero-order valence-electron chi connectivity index (χ0n) is 14.2. The summed E-state index contributed by atoms with van der Waals surface area (Å²) in [7, 11) is 0. The molecule has 0 aliphatic carbocycles. The highest BCUT2D eigenvalue weighted by molar-refractivity contribution is 8.26. The molecule has 25 heavy (non-hydrogen) atoms. The molecular weight excluding hydrogens is 372 g/mol. The van der Waals surface area contributed by atoms with Gasteiger partial charge in [0, 0.05) is 13.8 Å². The molecule has 8 nitrogen and oxygen atoms in total. The van der Waals surface area contributed by atoms with Crippen molar-refractivity contribution in [3.63, 3.8) is 0 Å². The highest BCUT2D eigenvalue weighted by Crippen LogP contribution is 2.50. The van der Waals surface area contributed by atoms with E-state index in [0.717, 1.165) is 23.5 Å². The minimum Gasteiger partial charge on any atom is -0.465 e. The van der Waals surface area contributed by atoms with E-state index in [-0.39, 0.29) is 23.0 Å². The van der Waals surface area contributed by atoms with Gasteiger partial charge in [0.1, 0.15) is 10.5 Å². The fraction of sp³-hybridized carbons (Fsp3) is 0.600. The summed E-state index contributed by atoms with van der Waals surface area (Å²) in [6.07, 6.45) is 0. The summed E-state index contributed by atoms with van der Waals surface area (Å²) in [6, 6.07) is 0. The number of cyclic esters (lactones) is 2. The van der Waals surface area contributed by atoms with Crippen LogP contribution in [-0.2, 0) is 38.1 Å². The van der Waals surface area contributed by atoms with E-state index in [1.807, 2.05) is 0 Å². The number of rotatable bonds is 4. The largest absolute Gasteiger partial charge is 0.465 e. The molecule has 2 aliphatic rings. The number of hydrogen-bond acceptors (Lipinski definition) is 10. The Balaban J connectivity index is 2.34. The molecule has 0 aromatic rings. The second kappa shape index (κ2) is 7.69. The molecule has 138 valence electrons. The lowest BCUT2D eigenvalue weighted by Gasteiger charge is -2.30. The van der Waals surface area contributed by atoms with Gasteiger partial charge in [0.2, 0.25) is 0 Å². The highest BCUT2D eigenvalue weighted by Gasteiger charge is 2.49. The Kier molecular flexibility index (Phi) is 6.04. The molecule has 2 aliphatic heterocycles. The van der Waals surface area contributed by atoms with Crippen LogP contribution in [0.25, 0.3) is 0 Å². The number of hydrogen-bond donors (Lipinski definition) is 0. The summed E-state index contributed by atoms with van der Waals surface area (Å²) < 4.78 is 20.2. The molecule has 0 amide bonds. The van der Waals surface area contributed by atoms with Crippen LogP contribution in [0, 0.1) is 0 Å². The molecule has 0 unspecified atom stereocenters. The van der Waals surface area contributed by atoms with Crippen molar-refractivity contribution < 1.29 is 38.1 Å². The molecule has 10 heteroatoms. The van der Waals surface area contributed by atoms with Gasteiger partial charge < -0.3 is 18.9 Å². The molecule has 0 spiro atoms. The summed E-state index contributed by atoms with van der Waals surface area (Å²) >= 11 is 1.80. The Hall–Kier alpha value is -1.68. The van der Waals surface area contributed by atoms with Crippen LogP contribution in [0.15, 0.2) is 9.81 Å². The van der Waals surface area contributed by atoms with Crippen LogP contribution in [0.4, 0.5) is 0 Å². The van der Waals surface area contributed by atoms with Gasteiger partial charge in [-0.15, -0.1) is 23.5 Å². The van der Waals surface area contributed by atoms with E-state index >= 15 is 0 Å². The first-order chi connectivity index (χ1) is 11.7. The monoisotopic (exact) mass is 390 g/mol. The van der Waals surface area contributed by atoms with Gasteiger partial charge in [-0.2, -0.15) is 0 Å². The lowest BCUT2D eigenvalue weighted by molar-refractivity contribution is -0.222. The highest BCUT2D eigenvalue weighted by atomic mass is 32.2. The number of carbonyl (C=O) groups is 4. The van der Waals surface area contributed by atoms with Gasteiger partial charge in [-0.3, -0.25) is 9.59 Å². The van der Waals surface area contributed by atoms with Gasteiger partial charge in [-0.1, -0.05) is 0 Å². The smallest absolute Gasteiger partial charge is 0.350 e. The second-order valence-corrected chi connectivity index (χ2v) is 7.98. The van der Waals surface area contributed by atoms with Crippen molar-refractivity contribution in [3.05, 3.63) is 9.81 Å². The van der Waals surface area contributed by atoms with Gasteiger partial charge in [0.25, 0.3) is 5.79 Å². The van der Waals surface area contributed by atoms with E-state index in [4.69, 9.17) is 18.9 Å². The van der Waals surface area contributed by atoms with Crippen LogP contribution in [0.3, 0.4) is 0 Å². The second-order valence-electron chi connectivity index (χ2n) is 5.42. The van der Waals surface area contributed by atoms with Crippen molar-refractivity contribution in [1.82, 2.24) is 0 Å².